The van der Waals surface area contributed by atoms with Crippen molar-refractivity contribution in [1.82, 2.24) is 0 Å². The highest BCUT2D eigenvalue weighted by Crippen LogP contribution is 2.43. The predicted molar refractivity (Wildman–Crippen MR) is 84.0 cm³/mol. The number of fused-ring (bicyclic) bond motifs is 1. The molecule has 3 heteroatoms. The van der Waals surface area contributed by atoms with Crippen LogP contribution in [-0.4, -0.2) is 5.60 Å². The molecule has 0 saturated carbocycles. The number of benzene rings is 2. The van der Waals surface area contributed by atoms with E-state index in [0.717, 1.165) is 29.2 Å². The fraction of sp³-hybridized carbons (Fsp3) is 0.333. The molecule has 1 aliphatic rings. The highest BCUT2D eigenvalue weighted by Gasteiger charge is 2.32. The predicted octanol–water partition coefficient (Wildman–Crippen LogP) is 4.21. The SMILES string of the molecule is CC(N)c1ccc(Oc2cccc3c2OC(C)(C)C3)cc1. The maximum Gasteiger partial charge on any atom is 0.169 e. The zero-order valence-corrected chi connectivity index (χ0v) is 12.7. The Labute approximate surface area is 125 Å². The quantitative estimate of drug-likeness (QED) is 0.917. The number of hydrogen-bond acceptors (Lipinski definition) is 3. The van der Waals surface area contributed by atoms with Crippen molar-refractivity contribution in [3.8, 4) is 17.2 Å². The van der Waals surface area contributed by atoms with Crippen molar-refractivity contribution in [3.05, 3.63) is 53.6 Å². The second-order valence-electron chi connectivity index (χ2n) is 6.24. The summed E-state index contributed by atoms with van der Waals surface area (Å²) in [7, 11) is 0. The van der Waals surface area contributed by atoms with Crippen molar-refractivity contribution in [3.63, 3.8) is 0 Å². The normalized spacial score (nSPS) is 17.0. The summed E-state index contributed by atoms with van der Waals surface area (Å²) in [5, 5.41) is 0. The van der Waals surface area contributed by atoms with Crippen LogP contribution in [0.3, 0.4) is 0 Å². The number of ether oxygens (including phenoxy) is 2. The molecular formula is C18H21NO2. The fourth-order valence-corrected chi connectivity index (χ4v) is 2.63. The lowest BCUT2D eigenvalue weighted by Crippen LogP contribution is -2.24. The van der Waals surface area contributed by atoms with Gasteiger partial charge in [-0.1, -0.05) is 24.3 Å². The van der Waals surface area contributed by atoms with Crippen LogP contribution in [0.1, 0.15) is 37.9 Å². The van der Waals surface area contributed by atoms with E-state index >= 15 is 0 Å². The average Bonchev–Trinajstić information content (AvgIpc) is 2.74. The van der Waals surface area contributed by atoms with Gasteiger partial charge in [-0.2, -0.15) is 0 Å². The molecule has 0 fully saturated rings. The fourth-order valence-electron chi connectivity index (χ4n) is 2.63. The van der Waals surface area contributed by atoms with Crippen LogP contribution < -0.4 is 15.2 Å². The molecule has 1 atom stereocenters. The zero-order valence-electron chi connectivity index (χ0n) is 12.7. The van der Waals surface area contributed by atoms with Crippen molar-refractivity contribution in [2.45, 2.75) is 38.8 Å². The molecular weight excluding hydrogens is 262 g/mol. The lowest BCUT2D eigenvalue weighted by Gasteiger charge is -2.18. The van der Waals surface area contributed by atoms with E-state index in [-0.39, 0.29) is 11.6 Å². The molecule has 1 heterocycles. The summed E-state index contributed by atoms with van der Waals surface area (Å²) in [6.07, 6.45) is 0.906. The standard InChI is InChI=1S/C18H21NO2/c1-12(19)13-7-9-15(10-8-13)20-16-6-4-5-14-11-18(2,3)21-17(14)16/h4-10,12H,11,19H2,1-3H3. The Kier molecular flexibility index (Phi) is 3.38. The van der Waals surface area contributed by atoms with E-state index in [1.807, 2.05) is 43.3 Å². The minimum atomic E-state index is -0.166. The van der Waals surface area contributed by atoms with Crippen LogP contribution in [0, 0.1) is 0 Å². The van der Waals surface area contributed by atoms with Crippen LogP contribution >= 0.6 is 0 Å². The molecule has 0 aliphatic carbocycles. The van der Waals surface area contributed by atoms with Gasteiger partial charge in [0.15, 0.2) is 11.5 Å². The van der Waals surface area contributed by atoms with Crippen molar-refractivity contribution < 1.29 is 9.47 Å². The molecule has 0 amide bonds. The molecule has 2 aromatic rings. The van der Waals surface area contributed by atoms with Crippen LogP contribution in [-0.2, 0) is 6.42 Å². The van der Waals surface area contributed by atoms with Gasteiger partial charge in [-0.15, -0.1) is 0 Å². The molecule has 2 N–H and O–H groups in total. The van der Waals surface area contributed by atoms with Crippen LogP contribution in [0.25, 0.3) is 0 Å². The van der Waals surface area contributed by atoms with Crippen LogP contribution in [0.5, 0.6) is 17.2 Å². The van der Waals surface area contributed by atoms with Crippen molar-refractivity contribution in [1.29, 1.82) is 0 Å². The summed E-state index contributed by atoms with van der Waals surface area (Å²) in [6.45, 7) is 6.15. The Morgan fingerprint density at radius 2 is 1.86 bits per heavy atom. The summed E-state index contributed by atoms with van der Waals surface area (Å²) in [4.78, 5) is 0. The molecule has 110 valence electrons. The van der Waals surface area contributed by atoms with Gasteiger partial charge < -0.3 is 15.2 Å². The van der Waals surface area contributed by atoms with E-state index in [2.05, 4.69) is 19.9 Å². The van der Waals surface area contributed by atoms with E-state index in [9.17, 15) is 0 Å². The minimum absolute atomic E-state index is 0.0316. The second-order valence-corrected chi connectivity index (χ2v) is 6.24. The first kappa shape index (κ1) is 14.0. The second kappa shape index (κ2) is 5.08. The number of para-hydroxylation sites is 1. The summed E-state index contributed by atoms with van der Waals surface area (Å²) in [5.41, 5.74) is 7.99. The lowest BCUT2D eigenvalue weighted by atomic mass is 10.0. The molecule has 1 aliphatic heterocycles. The first-order valence-corrected chi connectivity index (χ1v) is 7.29. The zero-order chi connectivity index (χ0) is 15.0. The Hall–Kier alpha value is -2.00. The monoisotopic (exact) mass is 283 g/mol. The summed E-state index contributed by atoms with van der Waals surface area (Å²) < 4.78 is 12.0. The first-order chi connectivity index (χ1) is 9.94. The summed E-state index contributed by atoms with van der Waals surface area (Å²) in [5.74, 6) is 2.42. The van der Waals surface area contributed by atoms with Gasteiger partial charge in [0, 0.05) is 18.0 Å². The molecule has 21 heavy (non-hydrogen) atoms. The smallest absolute Gasteiger partial charge is 0.169 e. The van der Waals surface area contributed by atoms with Gasteiger partial charge in [-0.3, -0.25) is 0 Å². The van der Waals surface area contributed by atoms with Gasteiger partial charge in [-0.25, -0.2) is 0 Å². The van der Waals surface area contributed by atoms with Crippen LogP contribution in [0.2, 0.25) is 0 Å². The lowest BCUT2D eigenvalue weighted by molar-refractivity contribution is 0.135. The Morgan fingerprint density at radius 3 is 2.52 bits per heavy atom. The summed E-state index contributed by atoms with van der Waals surface area (Å²) >= 11 is 0. The van der Waals surface area contributed by atoms with E-state index in [4.69, 9.17) is 15.2 Å². The highest BCUT2D eigenvalue weighted by molar-refractivity contribution is 5.51. The van der Waals surface area contributed by atoms with Crippen molar-refractivity contribution in [2.75, 3.05) is 0 Å². The number of hydrogen-bond donors (Lipinski definition) is 1. The van der Waals surface area contributed by atoms with Gasteiger partial charge >= 0.3 is 0 Å². The van der Waals surface area contributed by atoms with E-state index in [1.54, 1.807) is 0 Å². The summed E-state index contributed by atoms with van der Waals surface area (Å²) in [6, 6.07) is 14.0. The molecule has 1 unspecified atom stereocenters. The third-order valence-electron chi connectivity index (χ3n) is 3.69. The molecule has 0 bridgehead atoms. The van der Waals surface area contributed by atoms with E-state index in [0.29, 0.717) is 0 Å². The largest absolute Gasteiger partial charge is 0.483 e. The molecule has 0 spiro atoms. The van der Waals surface area contributed by atoms with Crippen molar-refractivity contribution >= 4 is 0 Å². The van der Waals surface area contributed by atoms with Gasteiger partial charge in [0.1, 0.15) is 11.4 Å². The Morgan fingerprint density at radius 1 is 1.14 bits per heavy atom. The molecule has 3 rings (SSSR count). The van der Waals surface area contributed by atoms with Crippen LogP contribution in [0.4, 0.5) is 0 Å². The van der Waals surface area contributed by atoms with Crippen LogP contribution in [0.15, 0.2) is 42.5 Å². The van der Waals surface area contributed by atoms with Gasteiger partial charge in [-0.05, 0) is 44.5 Å². The molecule has 3 nitrogen and oxygen atoms in total. The Balaban J connectivity index is 1.85. The minimum Gasteiger partial charge on any atom is -0.483 e. The number of rotatable bonds is 3. The maximum absolute atomic E-state index is 6.01. The average molecular weight is 283 g/mol. The maximum atomic E-state index is 6.01. The molecule has 2 aromatic carbocycles. The first-order valence-electron chi connectivity index (χ1n) is 7.29. The van der Waals surface area contributed by atoms with Crippen molar-refractivity contribution in [2.24, 2.45) is 5.73 Å². The van der Waals surface area contributed by atoms with Gasteiger partial charge in [0.25, 0.3) is 0 Å². The third kappa shape index (κ3) is 2.88. The topological polar surface area (TPSA) is 44.5 Å². The van der Waals surface area contributed by atoms with E-state index < -0.39 is 0 Å². The molecule has 0 aromatic heterocycles. The number of nitrogens with two attached hydrogens (primary N) is 1. The van der Waals surface area contributed by atoms with Gasteiger partial charge in [0.05, 0.1) is 0 Å². The molecule has 0 radical (unpaired) electrons. The van der Waals surface area contributed by atoms with Gasteiger partial charge in [0.2, 0.25) is 0 Å². The van der Waals surface area contributed by atoms with E-state index in [1.165, 1.54) is 5.56 Å². The highest BCUT2D eigenvalue weighted by atomic mass is 16.5. The molecule has 0 saturated heterocycles. The third-order valence-corrected chi connectivity index (χ3v) is 3.69. The Bertz CT molecular complexity index is 645.